The highest BCUT2D eigenvalue weighted by atomic mass is 32.1. The first kappa shape index (κ1) is 24.0. The fraction of sp³-hybridized carbons (Fsp3) is 0.333. The van der Waals surface area contributed by atoms with Crippen molar-refractivity contribution in [3.05, 3.63) is 60.2 Å². The molecule has 0 aliphatic carbocycles. The number of thiazole rings is 1. The number of benzene rings is 3. The summed E-state index contributed by atoms with van der Waals surface area (Å²) in [6.45, 7) is 7.53. The number of carbonyl (C=O) groups is 1. The van der Waals surface area contributed by atoms with E-state index >= 15 is 0 Å². The van der Waals surface area contributed by atoms with Crippen molar-refractivity contribution in [2.45, 2.75) is 20.3 Å². The second-order valence-corrected chi connectivity index (χ2v) is 9.07. The Balaban J connectivity index is 1.69. The van der Waals surface area contributed by atoms with Crippen LogP contribution in [0, 0.1) is 0 Å². The van der Waals surface area contributed by atoms with Gasteiger partial charge in [0.15, 0.2) is 16.6 Å². The van der Waals surface area contributed by atoms with Gasteiger partial charge in [-0.1, -0.05) is 67.6 Å². The van der Waals surface area contributed by atoms with E-state index in [0.717, 1.165) is 46.2 Å². The lowest BCUT2D eigenvalue weighted by atomic mass is 10.0. The van der Waals surface area contributed by atoms with Gasteiger partial charge < -0.3 is 14.4 Å². The van der Waals surface area contributed by atoms with Gasteiger partial charge in [0, 0.05) is 25.2 Å². The van der Waals surface area contributed by atoms with Crippen LogP contribution in [0.2, 0.25) is 0 Å². The van der Waals surface area contributed by atoms with Crippen molar-refractivity contribution in [3.63, 3.8) is 0 Å². The molecular weight excluding hydrogens is 446 g/mol. The number of nitrogens with zero attached hydrogens (tertiary/aromatic N) is 3. The molecule has 7 heteroatoms. The molecular formula is C27H31N3O3S. The zero-order valence-corrected chi connectivity index (χ0v) is 21.0. The first-order valence-electron chi connectivity index (χ1n) is 11.6. The Kier molecular flexibility index (Phi) is 7.65. The van der Waals surface area contributed by atoms with Crippen LogP contribution in [0.1, 0.15) is 19.4 Å². The second-order valence-electron chi connectivity index (χ2n) is 8.06. The summed E-state index contributed by atoms with van der Waals surface area (Å²) in [4.78, 5) is 22.7. The average Bonchev–Trinajstić information content (AvgIpc) is 3.28. The van der Waals surface area contributed by atoms with E-state index in [1.807, 2.05) is 41.3 Å². The number of rotatable bonds is 10. The fourth-order valence-electron chi connectivity index (χ4n) is 4.17. The van der Waals surface area contributed by atoms with Crippen molar-refractivity contribution >= 4 is 43.4 Å². The van der Waals surface area contributed by atoms with Gasteiger partial charge in [-0.05, 0) is 29.4 Å². The molecule has 0 aliphatic heterocycles. The molecule has 178 valence electrons. The molecule has 34 heavy (non-hydrogen) atoms. The van der Waals surface area contributed by atoms with Crippen molar-refractivity contribution in [1.29, 1.82) is 0 Å². The first-order valence-corrected chi connectivity index (χ1v) is 12.4. The predicted molar refractivity (Wildman–Crippen MR) is 141 cm³/mol. The molecule has 0 atom stereocenters. The Labute approximate surface area is 204 Å². The summed E-state index contributed by atoms with van der Waals surface area (Å²) in [5, 5.41) is 2.95. The van der Waals surface area contributed by atoms with Crippen molar-refractivity contribution < 1.29 is 14.3 Å². The van der Waals surface area contributed by atoms with E-state index in [9.17, 15) is 4.79 Å². The number of hydrogen-bond donors (Lipinski definition) is 0. The highest BCUT2D eigenvalue weighted by Crippen LogP contribution is 2.37. The molecule has 4 rings (SSSR count). The summed E-state index contributed by atoms with van der Waals surface area (Å²) in [6.07, 6.45) is 0.322. The third-order valence-electron chi connectivity index (χ3n) is 6.17. The Morgan fingerprint density at radius 1 is 0.941 bits per heavy atom. The first-order chi connectivity index (χ1) is 16.6. The monoisotopic (exact) mass is 477 g/mol. The third-order valence-corrected chi connectivity index (χ3v) is 7.21. The summed E-state index contributed by atoms with van der Waals surface area (Å²) in [5.74, 6) is 1.33. The van der Waals surface area contributed by atoms with Crippen molar-refractivity contribution in [3.8, 4) is 11.5 Å². The van der Waals surface area contributed by atoms with Crippen molar-refractivity contribution in [2.75, 3.05) is 45.3 Å². The Morgan fingerprint density at radius 2 is 1.65 bits per heavy atom. The van der Waals surface area contributed by atoms with Crippen LogP contribution < -0.4 is 14.4 Å². The minimum atomic E-state index is 0.0431. The third kappa shape index (κ3) is 5.00. The van der Waals surface area contributed by atoms with Gasteiger partial charge in [-0.2, -0.15) is 0 Å². The highest BCUT2D eigenvalue weighted by molar-refractivity contribution is 7.22. The van der Waals surface area contributed by atoms with E-state index in [1.54, 1.807) is 14.2 Å². The highest BCUT2D eigenvalue weighted by Gasteiger charge is 2.22. The van der Waals surface area contributed by atoms with E-state index in [2.05, 4.69) is 36.9 Å². The van der Waals surface area contributed by atoms with E-state index in [1.165, 1.54) is 11.3 Å². The standard InChI is InChI=1S/C27H31N3O3S/c1-5-29(6-2)14-15-30(26(31)16-20-12-9-11-19-10-7-8-13-21(19)20)27-28-22-17-23(32-3)24(33-4)18-25(22)34-27/h7-13,17-18H,5-6,14-16H2,1-4H3. The van der Waals surface area contributed by atoms with Crippen LogP contribution in [-0.2, 0) is 11.2 Å². The normalized spacial score (nSPS) is 11.3. The molecule has 4 aromatic rings. The number of amides is 1. The summed E-state index contributed by atoms with van der Waals surface area (Å²) in [6, 6.07) is 18.1. The van der Waals surface area contributed by atoms with Crippen LogP contribution in [0.4, 0.5) is 5.13 Å². The lowest BCUT2D eigenvalue weighted by Gasteiger charge is -2.25. The fourth-order valence-corrected chi connectivity index (χ4v) is 5.19. The number of aromatic nitrogens is 1. The Hall–Kier alpha value is -3.16. The summed E-state index contributed by atoms with van der Waals surface area (Å²) in [5.41, 5.74) is 1.82. The smallest absolute Gasteiger partial charge is 0.233 e. The molecule has 1 heterocycles. The second kappa shape index (κ2) is 10.8. The van der Waals surface area contributed by atoms with E-state index in [-0.39, 0.29) is 5.91 Å². The van der Waals surface area contributed by atoms with Crippen LogP contribution in [0.15, 0.2) is 54.6 Å². The maximum Gasteiger partial charge on any atom is 0.233 e. The molecule has 0 bridgehead atoms. The van der Waals surface area contributed by atoms with Crippen LogP contribution >= 0.6 is 11.3 Å². The van der Waals surface area contributed by atoms with E-state index < -0.39 is 0 Å². The van der Waals surface area contributed by atoms with Crippen molar-refractivity contribution in [1.82, 2.24) is 9.88 Å². The molecule has 3 aromatic carbocycles. The molecule has 6 nitrogen and oxygen atoms in total. The topological polar surface area (TPSA) is 54.9 Å². The quantitative estimate of drug-likeness (QED) is 0.307. The van der Waals surface area contributed by atoms with Crippen LogP contribution in [0.25, 0.3) is 21.0 Å². The van der Waals surface area contributed by atoms with Gasteiger partial charge in [0.1, 0.15) is 0 Å². The summed E-state index contributed by atoms with van der Waals surface area (Å²) < 4.78 is 11.9. The minimum absolute atomic E-state index is 0.0431. The molecule has 0 unspecified atom stereocenters. The number of likely N-dealkylation sites (N-methyl/N-ethyl adjacent to an activating group) is 1. The SMILES string of the molecule is CCN(CC)CCN(C(=O)Cc1cccc2ccccc12)c1nc2cc(OC)c(OC)cc2s1. The number of anilines is 1. The van der Waals surface area contributed by atoms with Crippen molar-refractivity contribution in [2.24, 2.45) is 0 Å². The van der Waals surface area contributed by atoms with Gasteiger partial charge in [0.2, 0.25) is 5.91 Å². The molecule has 0 saturated heterocycles. The summed E-state index contributed by atoms with van der Waals surface area (Å²) in [7, 11) is 3.23. The number of methoxy groups -OCH3 is 2. The number of fused-ring (bicyclic) bond motifs is 2. The molecule has 0 N–H and O–H groups in total. The molecule has 0 saturated carbocycles. The van der Waals surface area contributed by atoms with Crippen LogP contribution in [0.3, 0.4) is 0 Å². The summed E-state index contributed by atoms with van der Waals surface area (Å²) >= 11 is 1.50. The van der Waals surface area contributed by atoms with Gasteiger partial charge in [-0.3, -0.25) is 9.69 Å². The number of hydrogen-bond acceptors (Lipinski definition) is 6. The van der Waals surface area contributed by atoms with Gasteiger partial charge in [-0.15, -0.1) is 0 Å². The van der Waals surface area contributed by atoms with Crippen LogP contribution in [0.5, 0.6) is 11.5 Å². The zero-order valence-electron chi connectivity index (χ0n) is 20.2. The maximum absolute atomic E-state index is 13.7. The molecule has 0 aliphatic rings. The molecule has 0 fully saturated rings. The minimum Gasteiger partial charge on any atom is -0.493 e. The Bertz CT molecular complexity index is 1240. The molecule has 1 amide bonds. The molecule has 1 aromatic heterocycles. The van der Waals surface area contributed by atoms with Gasteiger partial charge in [0.25, 0.3) is 0 Å². The molecule has 0 radical (unpaired) electrons. The largest absolute Gasteiger partial charge is 0.493 e. The van der Waals surface area contributed by atoms with Gasteiger partial charge >= 0.3 is 0 Å². The van der Waals surface area contributed by atoms with Crippen LogP contribution in [-0.4, -0.2) is 56.2 Å². The predicted octanol–water partition coefficient (Wildman–Crippen LogP) is 5.38. The Morgan fingerprint density at radius 3 is 2.38 bits per heavy atom. The van der Waals surface area contributed by atoms with Gasteiger partial charge in [-0.25, -0.2) is 4.98 Å². The van der Waals surface area contributed by atoms with E-state index in [0.29, 0.717) is 29.6 Å². The lowest BCUT2D eigenvalue weighted by molar-refractivity contribution is -0.118. The average molecular weight is 478 g/mol. The number of ether oxygens (including phenoxy) is 2. The lowest BCUT2D eigenvalue weighted by Crippen LogP contribution is -2.39. The molecule has 0 spiro atoms. The maximum atomic E-state index is 13.7. The van der Waals surface area contributed by atoms with Gasteiger partial charge in [0.05, 0.1) is 30.9 Å². The van der Waals surface area contributed by atoms with E-state index in [4.69, 9.17) is 14.5 Å². The number of carbonyl (C=O) groups excluding carboxylic acids is 1. The zero-order chi connectivity index (χ0) is 24.1.